The third-order valence-electron chi connectivity index (χ3n) is 4.87. The third kappa shape index (κ3) is 8.54. The van der Waals surface area contributed by atoms with Gasteiger partial charge in [0.15, 0.2) is 5.96 Å². The molecule has 5 nitrogen and oxygen atoms in total. The second-order valence-electron chi connectivity index (χ2n) is 6.78. The molecule has 1 aliphatic heterocycles. The molecule has 0 aromatic carbocycles. The van der Waals surface area contributed by atoms with E-state index < -0.39 is 0 Å². The number of nitrogens with one attached hydrogen (secondary N) is 2. The van der Waals surface area contributed by atoms with Crippen LogP contribution >= 0.6 is 24.0 Å². The summed E-state index contributed by atoms with van der Waals surface area (Å²) >= 11 is 0. The van der Waals surface area contributed by atoms with Crippen LogP contribution in [0.5, 0.6) is 0 Å². The second-order valence-corrected chi connectivity index (χ2v) is 6.78. The minimum absolute atomic E-state index is 0. The maximum Gasteiger partial charge on any atom is 0.191 e. The Balaban J connectivity index is 0.00000264. The minimum atomic E-state index is 0. The fourth-order valence-electron chi connectivity index (χ4n) is 3.49. The van der Waals surface area contributed by atoms with E-state index in [1.54, 1.807) is 0 Å². The van der Waals surface area contributed by atoms with Gasteiger partial charge >= 0.3 is 0 Å². The number of nitrogens with zero attached hydrogens (tertiary/aromatic N) is 2. The number of guanidine groups is 1. The van der Waals surface area contributed by atoms with Gasteiger partial charge in [-0.15, -0.1) is 24.0 Å². The summed E-state index contributed by atoms with van der Waals surface area (Å²) in [6.07, 6.45) is 10.1. The maximum atomic E-state index is 5.76. The summed E-state index contributed by atoms with van der Waals surface area (Å²) < 4.78 is 5.76. The summed E-state index contributed by atoms with van der Waals surface area (Å²) in [5.41, 5.74) is 0. The Kier molecular flexibility index (Phi) is 11.2. The van der Waals surface area contributed by atoms with Crippen LogP contribution in [0.15, 0.2) is 4.99 Å². The number of likely N-dealkylation sites (N-methyl/N-ethyl adjacent to an activating group) is 1. The fourth-order valence-corrected chi connectivity index (χ4v) is 3.49. The highest BCUT2D eigenvalue weighted by Gasteiger charge is 2.17. The van der Waals surface area contributed by atoms with E-state index in [9.17, 15) is 0 Å². The van der Waals surface area contributed by atoms with Crippen molar-refractivity contribution in [3.05, 3.63) is 0 Å². The van der Waals surface area contributed by atoms with Gasteiger partial charge in [-0.2, -0.15) is 0 Å². The van der Waals surface area contributed by atoms with Crippen LogP contribution < -0.4 is 10.6 Å². The average Bonchev–Trinajstić information content (AvgIpc) is 3.03. The Morgan fingerprint density at radius 1 is 1.22 bits per heavy atom. The van der Waals surface area contributed by atoms with Crippen molar-refractivity contribution in [3.8, 4) is 0 Å². The highest BCUT2D eigenvalue weighted by Crippen LogP contribution is 2.28. The molecular weight excluding hydrogens is 403 g/mol. The van der Waals surface area contributed by atoms with Crippen LogP contribution in [-0.2, 0) is 4.74 Å². The molecule has 23 heavy (non-hydrogen) atoms. The molecule has 0 aromatic heterocycles. The highest BCUT2D eigenvalue weighted by atomic mass is 127. The highest BCUT2D eigenvalue weighted by molar-refractivity contribution is 14.0. The van der Waals surface area contributed by atoms with Crippen molar-refractivity contribution >= 4 is 29.9 Å². The number of halogens is 1. The van der Waals surface area contributed by atoms with Gasteiger partial charge in [0.05, 0.1) is 12.7 Å². The molecule has 136 valence electrons. The van der Waals surface area contributed by atoms with Crippen molar-refractivity contribution in [3.63, 3.8) is 0 Å². The Hall–Kier alpha value is -0.0800. The molecule has 2 N–H and O–H groups in total. The number of hydrogen-bond acceptors (Lipinski definition) is 3. The molecular formula is C17H35IN4O. The van der Waals surface area contributed by atoms with E-state index in [1.165, 1.54) is 44.9 Å². The summed E-state index contributed by atoms with van der Waals surface area (Å²) in [5, 5.41) is 6.79. The zero-order chi connectivity index (χ0) is 15.6. The summed E-state index contributed by atoms with van der Waals surface area (Å²) in [6, 6.07) is 0. The van der Waals surface area contributed by atoms with Gasteiger partial charge in [-0.3, -0.25) is 4.99 Å². The van der Waals surface area contributed by atoms with Crippen molar-refractivity contribution in [1.82, 2.24) is 15.5 Å². The molecule has 0 aromatic rings. The molecule has 1 atom stereocenters. The van der Waals surface area contributed by atoms with Gasteiger partial charge < -0.3 is 20.3 Å². The molecule has 2 aliphatic rings. The number of ether oxygens (including phenoxy) is 1. The molecule has 2 fully saturated rings. The van der Waals surface area contributed by atoms with Gasteiger partial charge in [-0.1, -0.05) is 38.5 Å². The molecule has 1 aliphatic carbocycles. The van der Waals surface area contributed by atoms with Crippen LogP contribution in [0.4, 0.5) is 0 Å². The van der Waals surface area contributed by atoms with Gasteiger partial charge in [-0.25, -0.2) is 0 Å². The van der Waals surface area contributed by atoms with Crippen LogP contribution in [0, 0.1) is 5.92 Å². The maximum absolute atomic E-state index is 5.76. The predicted octanol–water partition coefficient (Wildman–Crippen LogP) is 2.46. The SMILES string of the molecule is CN=C(NCCCCC1CCCC1)NCC1CN(C)CCO1.I. The molecule has 1 unspecified atom stereocenters. The number of rotatable bonds is 7. The number of aliphatic imine (C=N–C) groups is 1. The average molecular weight is 438 g/mol. The second kappa shape index (κ2) is 12.3. The largest absolute Gasteiger partial charge is 0.374 e. The van der Waals surface area contributed by atoms with E-state index in [-0.39, 0.29) is 30.1 Å². The lowest BCUT2D eigenvalue weighted by Gasteiger charge is -2.30. The van der Waals surface area contributed by atoms with Gasteiger partial charge in [0.2, 0.25) is 0 Å². The summed E-state index contributed by atoms with van der Waals surface area (Å²) in [7, 11) is 3.98. The lowest BCUT2D eigenvalue weighted by atomic mass is 10.0. The summed E-state index contributed by atoms with van der Waals surface area (Å²) in [6.45, 7) is 4.69. The topological polar surface area (TPSA) is 48.9 Å². The Morgan fingerprint density at radius 2 is 2.00 bits per heavy atom. The Morgan fingerprint density at radius 3 is 2.70 bits per heavy atom. The zero-order valence-electron chi connectivity index (χ0n) is 14.9. The monoisotopic (exact) mass is 438 g/mol. The van der Waals surface area contributed by atoms with Crippen molar-refractivity contribution < 1.29 is 4.74 Å². The first-order valence-electron chi connectivity index (χ1n) is 9.02. The van der Waals surface area contributed by atoms with E-state index in [0.29, 0.717) is 0 Å². The van der Waals surface area contributed by atoms with Crippen molar-refractivity contribution in [2.45, 2.75) is 51.0 Å². The third-order valence-corrected chi connectivity index (χ3v) is 4.87. The molecule has 6 heteroatoms. The van der Waals surface area contributed by atoms with Gasteiger partial charge in [0.1, 0.15) is 0 Å². The first-order valence-corrected chi connectivity index (χ1v) is 9.02. The van der Waals surface area contributed by atoms with E-state index >= 15 is 0 Å². The smallest absolute Gasteiger partial charge is 0.191 e. The fraction of sp³-hybridized carbons (Fsp3) is 0.941. The lowest BCUT2D eigenvalue weighted by Crippen LogP contribution is -2.48. The molecule has 0 spiro atoms. The van der Waals surface area contributed by atoms with Gasteiger partial charge in [0.25, 0.3) is 0 Å². The Bertz CT molecular complexity index is 335. The van der Waals surface area contributed by atoms with Crippen LogP contribution in [0.2, 0.25) is 0 Å². The van der Waals surface area contributed by atoms with E-state index in [2.05, 4.69) is 27.6 Å². The molecule has 0 bridgehead atoms. The van der Waals surface area contributed by atoms with Crippen molar-refractivity contribution in [1.29, 1.82) is 0 Å². The number of unbranched alkanes of at least 4 members (excludes halogenated alkanes) is 1. The standard InChI is InChI=1S/C17H34N4O.HI/c1-18-17(20-13-16-14-21(2)11-12-22-16)19-10-6-5-9-15-7-3-4-8-15;/h15-16H,3-14H2,1-2H3,(H2,18,19,20);1H. The van der Waals surface area contributed by atoms with Crippen LogP contribution in [0.1, 0.15) is 44.9 Å². The van der Waals surface area contributed by atoms with Crippen molar-refractivity contribution in [2.75, 3.05) is 46.9 Å². The van der Waals surface area contributed by atoms with E-state index in [1.807, 2.05) is 7.05 Å². The molecule has 2 rings (SSSR count). The van der Waals surface area contributed by atoms with Gasteiger partial charge in [0, 0.05) is 33.2 Å². The van der Waals surface area contributed by atoms with Gasteiger partial charge in [-0.05, 0) is 19.4 Å². The quantitative estimate of drug-likeness (QED) is 0.278. The van der Waals surface area contributed by atoms with Crippen LogP contribution in [0.3, 0.4) is 0 Å². The molecule has 0 amide bonds. The predicted molar refractivity (Wildman–Crippen MR) is 108 cm³/mol. The molecule has 1 saturated heterocycles. The minimum Gasteiger partial charge on any atom is -0.374 e. The first-order chi connectivity index (χ1) is 10.8. The van der Waals surface area contributed by atoms with Crippen molar-refractivity contribution in [2.24, 2.45) is 10.9 Å². The Labute approximate surface area is 159 Å². The molecule has 0 radical (unpaired) electrons. The normalized spacial score (nSPS) is 23.6. The number of hydrogen-bond donors (Lipinski definition) is 2. The molecule has 1 heterocycles. The van der Waals surface area contributed by atoms with Crippen LogP contribution in [-0.4, -0.2) is 63.8 Å². The van der Waals surface area contributed by atoms with E-state index in [0.717, 1.165) is 44.7 Å². The molecule has 1 saturated carbocycles. The summed E-state index contributed by atoms with van der Waals surface area (Å²) in [4.78, 5) is 6.61. The van der Waals surface area contributed by atoms with Crippen LogP contribution in [0.25, 0.3) is 0 Å². The van der Waals surface area contributed by atoms with E-state index in [4.69, 9.17) is 4.74 Å². The summed E-state index contributed by atoms with van der Waals surface area (Å²) in [5.74, 6) is 1.91. The zero-order valence-corrected chi connectivity index (χ0v) is 17.2. The lowest BCUT2D eigenvalue weighted by molar-refractivity contribution is -0.0161. The number of morpholine rings is 1. The first kappa shape index (κ1) is 21.0.